The second kappa shape index (κ2) is 4.80. The predicted molar refractivity (Wildman–Crippen MR) is 13.3 cm³/mol. The molecule has 0 aromatic rings. The van der Waals surface area contributed by atoms with E-state index in [-0.39, 0.29) is 28.9 Å². The van der Waals surface area contributed by atoms with Crippen LogP contribution in [0.25, 0.3) is 0 Å². The minimum Gasteiger partial charge on any atom is -0.759 e. The molecule has 0 aromatic heterocycles. The molecule has 0 bridgehead atoms. The maximum absolute atomic E-state index is 8.52. The predicted octanol–water partition coefficient (Wildman–Crippen LogP) is -1.88. The van der Waals surface area contributed by atoms with Gasteiger partial charge >= 0.3 is 16.5 Å². The van der Waals surface area contributed by atoms with Crippen molar-refractivity contribution in [2.24, 2.45) is 0 Å². The molecule has 0 N–H and O–H groups in total. The number of hydrogen-bond donors (Lipinski definition) is 0. The van der Waals surface area contributed by atoms with Crippen LogP contribution in [-0.4, -0.2) is 17.5 Å². The molecule has 0 radical (unpaired) electrons. The van der Waals surface area contributed by atoms with Gasteiger partial charge in [0.15, 0.2) is 0 Å². The summed E-state index contributed by atoms with van der Waals surface area (Å²) in [6.07, 6.45) is 0. The van der Waals surface area contributed by atoms with Gasteiger partial charge in [-0.05, 0) is 0 Å². The van der Waals surface area contributed by atoms with Crippen LogP contribution in [0.1, 0.15) is 0 Å². The SMILES string of the molecule is O=S(=O)([O-])[O-].[ClH2+].[Ni+2]. The first kappa shape index (κ1) is 15.6. The third-order valence-corrected chi connectivity index (χ3v) is 0. The number of hydrogen-bond acceptors (Lipinski definition) is 4. The van der Waals surface area contributed by atoms with Gasteiger partial charge in [0.25, 0.3) is 0 Å². The molecule has 0 rings (SSSR count). The first-order valence-corrected chi connectivity index (χ1v) is 2.00. The molecule has 0 unspecified atom stereocenters. The summed E-state index contributed by atoms with van der Waals surface area (Å²) in [5.41, 5.74) is 0. The maximum Gasteiger partial charge on any atom is 2.00 e. The molecule has 0 aliphatic carbocycles. The van der Waals surface area contributed by atoms with Crippen LogP contribution in [0.3, 0.4) is 0 Å². The summed E-state index contributed by atoms with van der Waals surface area (Å²) in [6, 6.07) is 0. The van der Waals surface area contributed by atoms with Gasteiger partial charge in [-0.1, -0.05) is 0 Å². The third-order valence-electron chi connectivity index (χ3n) is 0. The van der Waals surface area contributed by atoms with E-state index in [1.165, 1.54) is 0 Å². The Morgan fingerprint density at radius 2 is 1.14 bits per heavy atom. The van der Waals surface area contributed by atoms with Crippen molar-refractivity contribution in [2.75, 3.05) is 0 Å². The molecule has 7 heteroatoms. The zero-order valence-corrected chi connectivity index (χ0v) is 5.50. The van der Waals surface area contributed by atoms with Crippen molar-refractivity contribution in [3.8, 4) is 0 Å². The molecule has 0 fully saturated rings. The van der Waals surface area contributed by atoms with E-state index in [9.17, 15) is 0 Å². The number of halogens is 1. The average molecular weight is 192 g/mol. The fourth-order valence-corrected chi connectivity index (χ4v) is 0. The molecule has 0 aromatic carbocycles. The van der Waals surface area contributed by atoms with Crippen LogP contribution in [-0.2, 0) is 26.9 Å². The minimum atomic E-state index is -5.17. The molecule has 0 amide bonds. The number of rotatable bonds is 0. The average Bonchev–Trinajstić information content (AvgIpc) is 0.722. The second-order valence-electron chi connectivity index (χ2n) is 0.408. The zero-order chi connectivity index (χ0) is 4.50. The Hall–Kier alpha value is 0.654. The van der Waals surface area contributed by atoms with E-state index in [0.717, 1.165) is 0 Å². The van der Waals surface area contributed by atoms with E-state index in [1.54, 1.807) is 0 Å². The Morgan fingerprint density at radius 3 is 1.14 bits per heavy atom. The van der Waals surface area contributed by atoms with Gasteiger partial charge in [0.2, 0.25) is 0 Å². The summed E-state index contributed by atoms with van der Waals surface area (Å²) >= 11 is 0. The maximum atomic E-state index is 8.52. The molecular weight excluding hydrogens is 190 g/mol. The smallest absolute Gasteiger partial charge is 0.759 e. The van der Waals surface area contributed by atoms with Crippen molar-refractivity contribution in [3.63, 3.8) is 0 Å². The van der Waals surface area contributed by atoms with Crippen molar-refractivity contribution in [2.45, 2.75) is 0 Å². The van der Waals surface area contributed by atoms with Gasteiger partial charge in [-0.15, -0.1) is 0 Å². The Balaban J connectivity index is -0.0000000800. The first-order chi connectivity index (χ1) is 2.00. The van der Waals surface area contributed by atoms with E-state index in [1.807, 2.05) is 0 Å². The van der Waals surface area contributed by atoms with Crippen LogP contribution in [0.15, 0.2) is 0 Å². The van der Waals surface area contributed by atoms with Crippen molar-refractivity contribution >= 4 is 10.4 Å². The fraction of sp³-hybridized carbons (Fsp3) is 0. The third kappa shape index (κ3) is 337. The Labute approximate surface area is 57.2 Å². The standard InChI is InChI=1S/ClH2.Ni.H2O4S/c;;1-5(2,3)4/h1H2;;(H2,1,2,3,4)/q+1;+2;/p-2. The van der Waals surface area contributed by atoms with Crippen LogP contribution in [0.5, 0.6) is 0 Å². The van der Waals surface area contributed by atoms with Crippen LogP contribution in [0.4, 0.5) is 0 Å². The van der Waals surface area contributed by atoms with Crippen molar-refractivity contribution in [1.29, 1.82) is 0 Å². The van der Waals surface area contributed by atoms with Gasteiger partial charge in [-0.25, -0.2) is 0 Å². The summed E-state index contributed by atoms with van der Waals surface area (Å²) in [4.78, 5) is 0. The monoisotopic (exact) mass is 191 g/mol. The van der Waals surface area contributed by atoms with Gasteiger partial charge < -0.3 is 9.11 Å². The van der Waals surface area contributed by atoms with Crippen molar-refractivity contribution in [3.05, 3.63) is 0 Å². The van der Waals surface area contributed by atoms with Crippen LogP contribution >= 0.6 is 0 Å². The van der Waals surface area contributed by atoms with Gasteiger partial charge in [0.05, 0.1) is 12.4 Å². The van der Waals surface area contributed by atoms with E-state index in [2.05, 4.69) is 0 Å². The Morgan fingerprint density at radius 1 is 1.14 bits per heavy atom. The van der Waals surface area contributed by atoms with Gasteiger partial charge in [-0.2, -0.15) is 0 Å². The van der Waals surface area contributed by atoms with Crippen molar-refractivity contribution in [1.82, 2.24) is 0 Å². The fourth-order valence-electron chi connectivity index (χ4n) is 0. The topological polar surface area (TPSA) is 80.3 Å². The van der Waals surface area contributed by atoms with Gasteiger partial charge in [0.1, 0.15) is 0 Å². The Kier molecular flexibility index (Phi) is 10.7. The summed E-state index contributed by atoms with van der Waals surface area (Å²) in [7, 11) is -5.17. The normalized spacial score (nSPS) is 8.29. The summed E-state index contributed by atoms with van der Waals surface area (Å²) in [6.45, 7) is 0. The molecule has 0 spiro atoms. The summed E-state index contributed by atoms with van der Waals surface area (Å²) in [5.74, 6) is 0. The van der Waals surface area contributed by atoms with E-state index < -0.39 is 10.4 Å². The molecule has 0 aliphatic heterocycles. The molecule has 0 aliphatic rings. The molecule has 7 heavy (non-hydrogen) atoms. The van der Waals surface area contributed by atoms with Crippen molar-refractivity contribution < 1.29 is 46.4 Å². The minimum absolute atomic E-state index is 0. The molecule has 48 valence electrons. The molecule has 0 heterocycles. The van der Waals surface area contributed by atoms with E-state index >= 15 is 0 Å². The van der Waals surface area contributed by atoms with Gasteiger partial charge in [-0.3, -0.25) is 8.42 Å². The molecule has 0 atom stereocenters. The first-order valence-electron chi connectivity index (χ1n) is 0.667. The molecular formula is H2ClNiO4S+. The van der Waals surface area contributed by atoms with Crippen LogP contribution in [0, 0.1) is 12.4 Å². The molecule has 0 saturated heterocycles. The van der Waals surface area contributed by atoms with Crippen LogP contribution < -0.4 is 0 Å². The molecule has 4 nitrogen and oxygen atoms in total. The van der Waals surface area contributed by atoms with E-state index in [0.29, 0.717) is 0 Å². The quantitative estimate of drug-likeness (QED) is 0.256. The summed E-state index contributed by atoms with van der Waals surface area (Å²) in [5, 5.41) is 0. The zero-order valence-electron chi connectivity index (χ0n) is 2.80. The van der Waals surface area contributed by atoms with Crippen LogP contribution in [0.2, 0.25) is 0 Å². The Bertz CT molecular complexity index is 94.9. The second-order valence-corrected chi connectivity index (χ2v) is 1.22. The summed E-state index contributed by atoms with van der Waals surface area (Å²) < 4.78 is 34.1. The van der Waals surface area contributed by atoms with E-state index in [4.69, 9.17) is 17.5 Å². The largest absolute Gasteiger partial charge is 2.00 e. The molecule has 0 saturated carbocycles. The van der Waals surface area contributed by atoms with Gasteiger partial charge in [0, 0.05) is 10.4 Å².